The molecule has 2 rings (SSSR count). The van der Waals surface area contributed by atoms with E-state index in [4.69, 9.17) is 4.98 Å². The Morgan fingerprint density at radius 3 is 2.65 bits per heavy atom. The van der Waals surface area contributed by atoms with Crippen LogP contribution in [0.25, 0.3) is 0 Å². The number of rotatable bonds is 5. The molecule has 0 fully saturated rings. The lowest BCUT2D eigenvalue weighted by molar-refractivity contribution is 0.579. The van der Waals surface area contributed by atoms with Gasteiger partial charge in [-0.05, 0) is 31.7 Å². The lowest BCUT2D eigenvalue weighted by Gasteiger charge is -2.14. The summed E-state index contributed by atoms with van der Waals surface area (Å²) >= 11 is 3.68. The van der Waals surface area contributed by atoms with Crippen LogP contribution in [0.1, 0.15) is 54.2 Å². The number of hydrogen-bond donors (Lipinski definition) is 1. The maximum absolute atomic E-state index is 4.74. The minimum Gasteiger partial charge on any atom is -0.309 e. The number of aryl methyl sites for hydroxylation is 1. The van der Waals surface area contributed by atoms with Crippen LogP contribution in [0.3, 0.4) is 0 Å². The van der Waals surface area contributed by atoms with E-state index in [0.717, 1.165) is 13.0 Å². The summed E-state index contributed by atoms with van der Waals surface area (Å²) in [5.74, 6) is 0. The van der Waals surface area contributed by atoms with Crippen molar-refractivity contribution < 1.29 is 0 Å². The molecular weight excluding hydrogens is 284 g/mol. The maximum atomic E-state index is 4.74. The van der Waals surface area contributed by atoms with Crippen molar-refractivity contribution in [3.05, 3.63) is 38.0 Å². The molecule has 0 spiro atoms. The van der Waals surface area contributed by atoms with E-state index in [2.05, 4.69) is 57.4 Å². The van der Waals surface area contributed by atoms with Crippen LogP contribution in [0.15, 0.2) is 17.5 Å². The molecule has 2 aromatic heterocycles. The Bertz CT molecular complexity index is 535. The van der Waals surface area contributed by atoms with Gasteiger partial charge in [-0.3, -0.25) is 0 Å². The van der Waals surface area contributed by atoms with Gasteiger partial charge in [-0.2, -0.15) is 0 Å². The molecule has 0 aliphatic rings. The van der Waals surface area contributed by atoms with Crippen LogP contribution in [0.2, 0.25) is 0 Å². The number of hydrogen-bond acceptors (Lipinski definition) is 4. The predicted molar refractivity (Wildman–Crippen MR) is 90.0 cm³/mol. The molecule has 0 saturated carbocycles. The average molecular weight is 309 g/mol. The Labute approximate surface area is 130 Å². The highest BCUT2D eigenvalue weighted by Crippen LogP contribution is 2.32. The minimum absolute atomic E-state index is 0.143. The third kappa shape index (κ3) is 3.90. The van der Waals surface area contributed by atoms with Crippen molar-refractivity contribution in [3.63, 3.8) is 0 Å². The summed E-state index contributed by atoms with van der Waals surface area (Å²) in [6.45, 7) is 12.1. The molecule has 1 atom stereocenters. The van der Waals surface area contributed by atoms with Crippen LogP contribution < -0.4 is 5.32 Å². The second-order valence-electron chi connectivity index (χ2n) is 6.22. The summed E-state index contributed by atoms with van der Waals surface area (Å²) in [5, 5.41) is 6.99. The molecule has 2 heterocycles. The highest BCUT2D eigenvalue weighted by Gasteiger charge is 2.22. The fraction of sp³-hybridized carbons (Fsp3) is 0.562. The van der Waals surface area contributed by atoms with Crippen LogP contribution in [0.4, 0.5) is 0 Å². The molecular formula is C16H24N2S2. The van der Waals surface area contributed by atoms with E-state index in [9.17, 15) is 0 Å². The van der Waals surface area contributed by atoms with Gasteiger partial charge in [0.05, 0.1) is 10.7 Å². The van der Waals surface area contributed by atoms with E-state index in [1.807, 2.05) is 22.7 Å². The summed E-state index contributed by atoms with van der Waals surface area (Å²) in [6.07, 6.45) is 1.10. The topological polar surface area (TPSA) is 24.9 Å². The lowest BCUT2D eigenvalue weighted by Crippen LogP contribution is -2.20. The molecule has 0 unspecified atom stereocenters. The zero-order chi connectivity index (χ0) is 14.8. The van der Waals surface area contributed by atoms with Crippen molar-refractivity contribution >= 4 is 22.7 Å². The van der Waals surface area contributed by atoms with Gasteiger partial charge in [-0.1, -0.05) is 26.8 Å². The molecule has 4 heteroatoms. The minimum atomic E-state index is 0.143. The third-order valence-corrected chi connectivity index (χ3v) is 5.97. The average Bonchev–Trinajstić information content (AvgIpc) is 2.97. The zero-order valence-electron chi connectivity index (χ0n) is 13.0. The van der Waals surface area contributed by atoms with Crippen molar-refractivity contribution in [2.45, 2.75) is 52.5 Å². The van der Waals surface area contributed by atoms with E-state index in [1.165, 1.54) is 20.5 Å². The molecule has 0 aliphatic carbocycles. The van der Waals surface area contributed by atoms with E-state index in [-0.39, 0.29) is 5.41 Å². The van der Waals surface area contributed by atoms with Gasteiger partial charge in [-0.25, -0.2) is 4.98 Å². The van der Waals surface area contributed by atoms with Crippen LogP contribution in [-0.2, 0) is 11.8 Å². The molecule has 0 aliphatic heterocycles. The highest BCUT2D eigenvalue weighted by molar-refractivity contribution is 7.12. The number of aromatic nitrogens is 1. The molecule has 0 amide bonds. The van der Waals surface area contributed by atoms with E-state index >= 15 is 0 Å². The third-order valence-electron chi connectivity index (χ3n) is 3.27. The largest absolute Gasteiger partial charge is 0.309 e. The standard InChI is InChI=1S/C16H24N2S2/c1-11(17-9-8-13-7-6-10-19-13)14-12(2)18-15(20-14)16(3,4)5/h6-7,10-11,17H,8-9H2,1-5H3/t11-/m0/s1. The molecule has 0 radical (unpaired) electrons. The SMILES string of the molecule is Cc1nc(C(C)(C)C)sc1[C@H](C)NCCc1cccs1. The number of nitrogens with zero attached hydrogens (tertiary/aromatic N) is 1. The van der Waals surface area contributed by atoms with Crippen molar-refractivity contribution in [3.8, 4) is 0 Å². The Hall–Kier alpha value is -0.710. The summed E-state index contributed by atoms with van der Waals surface area (Å²) in [4.78, 5) is 7.56. The Morgan fingerprint density at radius 1 is 1.35 bits per heavy atom. The maximum Gasteiger partial charge on any atom is 0.0985 e. The molecule has 2 nitrogen and oxygen atoms in total. The first kappa shape index (κ1) is 15.7. The molecule has 0 saturated heterocycles. The van der Waals surface area contributed by atoms with Gasteiger partial charge in [-0.15, -0.1) is 22.7 Å². The fourth-order valence-electron chi connectivity index (χ4n) is 2.09. The second-order valence-corrected chi connectivity index (χ2v) is 8.29. The van der Waals surface area contributed by atoms with E-state index < -0.39 is 0 Å². The summed E-state index contributed by atoms with van der Waals surface area (Å²) in [6, 6.07) is 4.70. The molecule has 20 heavy (non-hydrogen) atoms. The Balaban J connectivity index is 1.95. The first-order valence-electron chi connectivity index (χ1n) is 7.11. The van der Waals surface area contributed by atoms with Crippen molar-refractivity contribution in [2.75, 3.05) is 6.54 Å². The van der Waals surface area contributed by atoms with Crippen LogP contribution in [-0.4, -0.2) is 11.5 Å². The lowest BCUT2D eigenvalue weighted by atomic mass is 9.98. The van der Waals surface area contributed by atoms with Gasteiger partial charge >= 0.3 is 0 Å². The van der Waals surface area contributed by atoms with Gasteiger partial charge in [0.1, 0.15) is 0 Å². The Morgan fingerprint density at radius 2 is 2.10 bits per heavy atom. The monoisotopic (exact) mass is 308 g/mol. The van der Waals surface area contributed by atoms with Crippen molar-refractivity contribution in [1.82, 2.24) is 10.3 Å². The van der Waals surface area contributed by atoms with Crippen LogP contribution in [0, 0.1) is 6.92 Å². The number of nitrogens with one attached hydrogen (secondary N) is 1. The van der Waals surface area contributed by atoms with E-state index in [0.29, 0.717) is 6.04 Å². The van der Waals surface area contributed by atoms with Gasteiger partial charge in [0.2, 0.25) is 0 Å². The Kier molecular flexibility index (Phi) is 4.99. The highest BCUT2D eigenvalue weighted by atomic mass is 32.1. The van der Waals surface area contributed by atoms with Crippen LogP contribution in [0.5, 0.6) is 0 Å². The molecule has 110 valence electrons. The predicted octanol–water partition coefficient (Wildman–Crippen LogP) is 4.70. The normalized spacial score (nSPS) is 13.7. The first-order chi connectivity index (χ1) is 9.38. The fourth-order valence-corrected chi connectivity index (χ4v) is 3.95. The smallest absolute Gasteiger partial charge is 0.0985 e. The first-order valence-corrected chi connectivity index (χ1v) is 8.81. The summed E-state index contributed by atoms with van der Waals surface area (Å²) < 4.78 is 0. The molecule has 1 N–H and O–H groups in total. The molecule has 2 aromatic rings. The zero-order valence-corrected chi connectivity index (χ0v) is 14.6. The van der Waals surface area contributed by atoms with Crippen LogP contribution >= 0.6 is 22.7 Å². The van der Waals surface area contributed by atoms with E-state index in [1.54, 1.807) is 0 Å². The number of thiazole rings is 1. The van der Waals surface area contributed by atoms with Gasteiger partial charge in [0.25, 0.3) is 0 Å². The molecule has 0 aromatic carbocycles. The van der Waals surface area contributed by atoms with Gasteiger partial charge < -0.3 is 5.32 Å². The number of thiophene rings is 1. The van der Waals surface area contributed by atoms with Gasteiger partial charge in [0, 0.05) is 27.8 Å². The second kappa shape index (κ2) is 6.37. The van der Waals surface area contributed by atoms with Crippen molar-refractivity contribution in [2.24, 2.45) is 0 Å². The quantitative estimate of drug-likeness (QED) is 0.865. The van der Waals surface area contributed by atoms with Gasteiger partial charge in [0.15, 0.2) is 0 Å². The van der Waals surface area contributed by atoms with Crippen molar-refractivity contribution in [1.29, 1.82) is 0 Å². The molecule has 0 bridgehead atoms. The summed E-state index contributed by atoms with van der Waals surface area (Å²) in [7, 11) is 0. The summed E-state index contributed by atoms with van der Waals surface area (Å²) in [5.41, 5.74) is 1.32.